The Bertz CT molecular complexity index is 6020. The van der Waals surface area contributed by atoms with Gasteiger partial charge in [0.2, 0.25) is 0 Å². The second-order valence-electron chi connectivity index (χ2n) is 42.1. The van der Waals surface area contributed by atoms with Gasteiger partial charge in [-0.15, -0.1) is 0 Å². The molecule has 0 bridgehead atoms. The average molecular weight is 1710 g/mol. The van der Waals surface area contributed by atoms with Crippen molar-refractivity contribution in [2.24, 2.45) is 11.8 Å². The van der Waals surface area contributed by atoms with E-state index in [2.05, 4.69) is 356 Å². The molecule has 4 atom stereocenters. The molecule has 128 heavy (non-hydrogen) atoms. The largest absolute Gasteiger partial charge is 0.266 e. The molecule has 11 aromatic rings. The van der Waals surface area contributed by atoms with Crippen LogP contribution in [0.15, 0.2) is 182 Å². The zero-order chi connectivity index (χ0) is 89.6. The second kappa shape index (κ2) is 35.7. The third-order valence-corrected chi connectivity index (χ3v) is 33.6. The molecule has 0 N–H and O–H groups in total. The topological polar surface area (TPSA) is 44.0 Å². The third-order valence-electron chi connectivity index (χ3n) is 33.6. The summed E-state index contributed by atoms with van der Waals surface area (Å²) in [5.41, 5.74) is 28.7. The minimum Gasteiger partial charge on any atom is -0.221 e. The second-order valence-corrected chi connectivity index (χ2v) is 42.1. The number of para-hydroxylation sites is 5. The lowest BCUT2D eigenvalue weighted by Gasteiger charge is -2.35. The highest BCUT2D eigenvalue weighted by Crippen LogP contribution is 2.49. The van der Waals surface area contributed by atoms with Crippen LogP contribution in [0.1, 0.15) is 384 Å². The van der Waals surface area contributed by atoms with Crippen LogP contribution in [0.4, 0.5) is 0 Å². The molecule has 5 aromatic heterocycles. The Morgan fingerprint density at radius 3 is 0.898 bits per heavy atom. The fourth-order valence-electron chi connectivity index (χ4n) is 26.6. The Balaban J connectivity index is 0.000000105. The molecule has 0 spiro atoms. The van der Waals surface area contributed by atoms with Gasteiger partial charge in [-0.05, 0) is 285 Å². The first-order valence-electron chi connectivity index (χ1n) is 51.0. The van der Waals surface area contributed by atoms with Crippen molar-refractivity contribution in [3.63, 3.8) is 0 Å². The number of nitrogens with zero attached hydrogens (tertiary/aromatic N) is 10. The van der Waals surface area contributed by atoms with Gasteiger partial charge in [0.05, 0.1) is 31.0 Å². The van der Waals surface area contributed by atoms with Crippen LogP contribution in [0.3, 0.4) is 0 Å². The monoisotopic (exact) mass is 1710 g/mol. The molecular weight excluding hydrogens is 1560 g/mol. The summed E-state index contributed by atoms with van der Waals surface area (Å²) in [7, 11) is 0. The van der Waals surface area contributed by atoms with Gasteiger partial charge in [0.25, 0.3) is 29.1 Å². The molecule has 10 nitrogen and oxygen atoms in total. The lowest BCUT2D eigenvalue weighted by Crippen LogP contribution is -2.59. The first-order chi connectivity index (χ1) is 62.3. The maximum absolute atomic E-state index is 8.76. The average Bonchev–Trinajstić information content (AvgIpc) is 1.57. The highest BCUT2D eigenvalue weighted by molar-refractivity contribution is 5.59. The maximum Gasteiger partial charge on any atom is 0.266 e. The van der Waals surface area contributed by atoms with Crippen LogP contribution in [0.2, 0.25) is 0 Å². The van der Waals surface area contributed by atoms with Gasteiger partial charge in [-0.2, -0.15) is 22.8 Å². The Morgan fingerprint density at radius 1 is 0.273 bits per heavy atom. The SMILES string of the molecule is Cc1ccccc1-n1c(C)c2[n+](c1C1CCCC1)C(C)(C)C=C2.Cc1ccccc1-n1c(C)c2[n+](c1C1CCCC1)C(C)(C1CCCC1)C=C2.Cc1ccccc1-n1c(C)c2[n+](c1C1CCCC1)C(C)(C1CCCCC1)C=C2.Cc1ccccc1-n1c(C)c2[n+](c1C1CCCC1)C(C)(c1ccccc1)C=C2.[2H]C1(C)C=Cc2c(C)n(-c3ccccc3C)c(C3CCCC3)[n+]21. The third kappa shape index (κ3) is 15.2. The van der Waals surface area contributed by atoms with E-state index in [1.54, 1.807) is 11.6 Å². The fourth-order valence-corrected chi connectivity index (χ4v) is 26.6. The minimum atomic E-state index is -0.675. The normalized spacial score (nSPS) is 23.4. The highest BCUT2D eigenvalue weighted by atomic mass is 15.3. The van der Waals surface area contributed by atoms with E-state index in [0.29, 0.717) is 29.6 Å². The number of hydrogen-bond acceptors (Lipinski definition) is 0. The van der Waals surface area contributed by atoms with Crippen molar-refractivity contribution >= 4 is 30.4 Å². The number of rotatable bonds is 13. The molecule has 10 heteroatoms. The number of fused-ring (bicyclic) bond motifs is 5. The van der Waals surface area contributed by atoms with Gasteiger partial charge in [0.15, 0.2) is 62.5 Å². The van der Waals surface area contributed by atoms with Crippen molar-refractivity contribution in [2.75, 3.05) is 0 Å². The number of aromatic nitrogens is 10. The lowest BCUT2D eigenvalue weighted by atomic mass is 9.75. The zero-order valence-corrected chi connectivity index (χ0v) is 80.7. The van der Waals surface area contributed by atoms with E-state index in [4.69, 9.17) is 1.37 Å². The number of allylic oxidation sites excluding steroid dienone is 5. The fraction of sp³-hybridized carbons (Fsp3) is 0.483. The Hall–Kier alpha value is -9.93. The van der Waals surface area contributed by atoms with Crippen molar-refractivity contribution in [1.82, 2.24) is 22.8 Å². The highest BCUT2D eigenvalue weighted by Gasteiger charge is 2.54. The molecule has 0 amide bonds. The molecule has 12 aliphatic rings. The van der Waals surface area contributed by atoms with Crippen molar-refractivity contribution in [2.45, 2.75) is 355 Å². The molecule has 10 heterocycles. The Kier molecular flexibility index (Phi) is 24.0. The number of imidazole rings is 5. The van der Waals surface area contributed by atoms with E-state index >= 15 is 0 Å². The van der Waals surface area contributed by atoms with Crippen molar-refractivity contribution in [1.29, 1.82) is 0 Å². The lowest BCUT2D eigenvalue weighted by molar-refractivity contribution is -0.761. The standard InChI is InChI=1S/C26H35N2.C26H29N2.C25H33N2.C21H27N2.C20H25N2/c2*1-19-11-7-10-16-23(19)27-20(2)24-17-18-26(3,22-14-5-4-6-15-22)28(24)25(27)21-12-8-9-13-21;1-18-10-4-9-15-22(18)26-19(2)23-16-17-25(3,21-13-7-8-14-21)27(23)24(26)20-11-5-6-12-20;1-15-9-5-8-12-18(15)22-16(2)19-13-14-21(3,4)23(19)20(22)17-10-6-7-11-17;1-14-8-4-7-11-18(14)22-16(3)19-13-12-15(2)21(19)20(22)17-9-5-6-10-17/h7,10-11,16-18,21-22H,4-6,8-9,12-15H2,1-3H3;4-7,10-11,14-18,21H,8-9,12-13H2,1-3H3;4,9-10,15-17,20-21H,5-8,11-14H2,1-3H3;5,8-9,12-14,17H,6-7,10-11H2,1-4H3;4,7-8,11-13,15,17H,5-6,9-10H2,1-3H3/q5*+1/i;;;;15D. The Morgan fingerprint density at radius 2 is 0.539 bits per heavy atom. The first-order valence-corrected chi connectivity index (χ1v) is 50.5. The van der Waals surface area contributed by atoms with Gasteiger partial charge in [0, 0.05) is 52.0 Å². The van der Waals surface area contributed by atoms with Crippen LogP contribution in [0.5, 0.6) is 0 Å². The summed E-state index contributed by atoms with van der Waals surface area (Å²) in [5.74, 6) is 12.3. The van der Waals surface area contributed by atoms with Gasteiger partial charge < -0.3 is 0 Å². The van der Waals surface area contributed by atoms with Crippen LogP contribution in [0.25, 0.3) is 58.8 Å². The van der Waals surface area contributed by atoms with Gasteiger partial charge in [-0.25, -0.2) is 22.8 Å². The van der Waals surface area contributed by atoms with Crippen LogP contribution >= 0.6 is 0 Å². The number of benzene rings is 6. The van der Waals surface area contributed by atoms with Crippen molar-refractivity contribution in [3.05, 3.63) is 301 Å². The molecular formula is C118H149N10+5. The van der Waals surface area contributed by atoms with Crippen LogP contribution in [0, 0.1) is 81.1 Å². The summed E-state index contributed by atoms with van der Waals surface area (Å²) in [4.78, 5) is 0. The molecule has 7 saturated carbocycles. The number of hydrogen-bond donors (Lipinski definition) is 0. The molecule has 5 aliphatic heterocycles. The van der Waals surface area contributed by atoms with Crippen LogP contribution < -0.4 is 22.8 Å². The number of aryl methyl sites for hydroxylation is 5. The quantitative estimate of drug-likeness (QED) is 0.103. The molecule has 7 aliphatic carbocycles. The molecule has 6 aromatic carbocycles. The molecule has 4 unspecified atom stereocenters. The van der Waals surface area contributed by atoms with E-state index in [9.17, 15) is 0 Å². The van der Waals surface area contributed by atoms with Gasteiger partial charge >= 0.3 is 0 Å². The minimum absolute atomic E-state index is 0.0753. The molecule has 666 valence electrons. The summed E-state index contributed by atoms with van der Waals surface area (Å²) in [6, 6.07) is 54.4. The predicted octanol–water partition coefficient (Wildman–Crippen LogP) is 27.6. The smallest absolute Gasteiger partial charge is 0.221 e. The summed E-state index contributed by atoms with van der Waals surface area (Å²) in [6.45, 7) is 36.7. The van der Waals surface area contributed by atoms with Crippen LogP contribution in [-0.4, -0.2) is 22.8 Å². The maximum atomic E-state index is 8.76. The molecule has 7 fully saturated rings. The summed E-state index contributed by atoms with van der Waals surface area (Å²) in [5, 5.41) is 0. The first kappa shape index (κ1) is 86.1. The van der Waals surface area contributed by atoms with Gasteiger partial charge in [-0.3, -0.25) is 0 Å². The summed E-state index contributed by atoms with van der Waals surface area (Å²) in [6.07, 6.45) is 62.7. The summed E-state index contributed by atoms with van der Waals surface area (Å²) >= 11 is 0. The predicted molar refractivity (Wildman–Crippen MR) is 527 cm³/mol. The van der Waals surface area contributed by atoms with Crippen LogP contribution in [-0.2, 0) is 22.2 Å². The van der Waals surface area contributed by atoms with Gasteiger partial charge in [-0.1, -0.05) is 218 Å². The van der Waals surface area contributed by atoms with E-state index in [1.807, 2.05) is 13.0 Å². The molecule has 23 rings (SSSR count). The summed E-state index contributed by atoms with van der Waals surface area (Å²) < 4.78 is 34.6. The van der Waals surface area contributed by atoms with E-state index in [0.717, 1.165) is 11.8 Å². The Labute approximate surface area is 769 Å². The van der Waals surface area contributed by atoms with E-state index in [-0.39, 0.29) is 22.2 Å². The van der Waals surface area contributed by atoms with E-state index in [1.165, 1.54) is 322 Å². The zero-order valence-electron chi connectivity index (χ0n) is 81.7. The van der Waals surface area contributed by atoms with Gasteiger partial charge in [0.1, 0.15) is 51.1 Å². The van der Waals surface area contributed by atoms with E-state index < -0.39 is 6.02 Å². The van der Waals surface area contributed by atoms with Crippen molar-refractivity contribution < 1.29 is 24.2 Å². The van der Waals surface area contributed by atoms with Crippen molar-refractivity contribution in [3.8, 4) is 28.4 Å². The molecule has 0 saturated heterocycles. The molecule has 0 radical (unpaired) electrons.